The van der Waals surface area contributed by atoms with Crippen LogP contribution in [-0.4, -0.2) is 9.78 Å². The fraction of sp³-hybridized carbons (Fsp3) is 0.0667. The molecule has 0 fully saturated rings. The summed E-state index contributed by atoms with van der Waals surface area (Å²) in [6, 6.07) is 17.6. The molecule has 0 bridgehead atoms. The summed E-state index contributed by atoms with van der Waals surface area (Å²) in [5, 5.41) is 14.9. The van der Waals surface area contributed by atoms with Gasteiger partial charge in [0.15, 0.2) is 5.69 Å². The van der Waals surface area contributed by atoms with Crippen LogP contribution in [0.15, 0.2) is 48.5 Å². The molecule has 3 nitrogen and oxygen atoms in total. The summed E-state index contributed by atoms with van der Waals surface area (Å²) < 4.78 is 1.83. The molecule has 0 saturated carbocycles. The lowest BCUT2D eigenvalue weighted by atomic mass is 10.2. The summed E-state index contributed by atoms with van der Waals surface area (Å²) in [5.41, 5.74) is 2.48. The molecule has 0 aliphatic heterocycles. The zero-order valence-corrected chi connectivity index (χ0v) is 10.8. The van der Waals surface area contributed by atoms with Gasteiger partial charge >= 0.3 is 0 Å². The highest BCUT2D eigenvalue weighted by atomic mass is 35.5. The lowest BCUT2D eigenvalue weighted by Crippen LogP contribution is -2.01. The molecule has 0 unspecified atom stereocenters. The topological polar surface area (TPSA) is 41.6 Å². The number of hydrogen-bond acceptors (Lipinski definition) is 2. The van der Waals surface area contributed by atoms with Gasteiger partial charge in [-0.1, -0.05) is 41.9 Å². The van der Waals surface area contributed by atoms with Crippen LogP contribution in [0.1, 0.15) is 11.3 Å². The average Bonchev–Trinajstić information content (AvgIpc) is 2.77. The smallest absolute Gasteiger partial charge is 0.170 e. The Morgan fingerprint density at radius 1 is 1.16 bits per heavy atom. The van der Waals surface area contributed by atoms with Gasteiger partial charge in [0.25, 0.3) is 0 Å². The first-order valence-electron chi connectivity index (χ1n) is 5.88. The minimum Gasteiger partial charge on any atom is -0.259 e. The Morgan fingerprint density at radius 2 is 1.95 bits per heavy atom. The molecular formula is C15H10ClN3. The van der Waals surface area contributed by atoms with E-state index in [0.717, 1.165) is 16.5 Å². The van der Waals surface area contributed by atoms with Crippen molar-refractivity contribution in [1.29, 1.82) is 5.26 Å². The maximum Gasteiger partial charge on any atom is 0.170 e. The minimum absolute atomic E-state index is 0.411. The van der Waals surface area contributed by atoms with E-state index in [2.05, 4.69) is 11.2 Å². The molecule has 19 heavy (non-hydrogen) atoms. The third-order valence-electron chi connectivity index (χ3n) is 2.99. The summed E-state index contributed by atoms with van der Waals surface area (Å²) in [6.45, 7) is 0.640. The van der Waals surface area contributed by atoms with E-state index in [1.54, 1.807) is 6.07 Å². The van der Waals surface area contributed by atoms with E-state index in [4.69, 9.17) is 16.9 Å². The van der Waals surface area contributed by atoms with Crippen molar-refractivity contribution in [2.24, 2.45) is 0 Å². The van der Waals surface area contributed by atoms with Crippen molar-refractivity contribution in [3.05, 3.63) is 64.8 Å². The summed E-state index contributed by atoms with van der Waals surface area (Å²) in [7, 11) is 0. The summed E-state index contributed by atoms with van der Waals surface area (Å²) >= 11 is 5.97. The van der Waals surface area contributed by atoms with Gasteiger partial charge in [-0.15, -0.1) is 0 Å². The summed E-state index contributed by atoms with van der Waals surface area (Å²) in [4.78, 5) is 0. The van der Waals surface area contributed by atoms with Crippen LogP contribution >= 0.6 is 11.6 Å². The van der Waals surface area contributed by atoms with Crippen molar-refractivity contribution in [2.45, 2.75) is 6.54 Å². The maximum atomic E-state index is 9.14. The van der Waals surface area contributed by atoms with Gasteiger partial charge in [0, 0.05) is 10.4 Å². The quantitative estimate of drug-likeness (QED) is 0.712. The fourth-order valence-corrected chi connectivity index (χ4v) is 2.28. The Morgan fingerprint density at radius 3 is 2.68 bits per heavy atom. The van der Waals surface area contributed by atoms with E-state index in [-0.39, 0.29) is 0 Å². The molecule has 0 aliphatic rings. The van der Waals surface area contributed by atoms with E-state index in [1.165, 1.54) is 0 Å². The molecule has 0 N–H and O–H groups in total. The van der Waals surface area contributed by atoms with Crippen LogP contribution in [0.25, 0.3) is 10.9 Å². The van der Waals surface area contributed by atoms with Gasteiger partial charge in [0.2, 0.25) is 0 Å². The Kier molecular flexibility index (Phi) is 2.94. The standard InChI is InChI=1S/C15H10ClN3/c16-12-6-7-15-13(8-12)14(9-17)18-19(15)10-11-4-2-1-3-5-11/h1-8H,10H2. The minimum atomic E-state index is 0.411. The Hall–Kier alpha value is -2.31. The number of halogens is 1. The maximum absolute atomic E-state index is 9.14. The SMILES string of the molecule is N#Cc1nn(Cc2ccccc2)c2ccc(Cl)cc12. The first-order chi connectivity index (χ1) is 9.28. The number of benzene rings is 2. The number of nitrogens with zero attached hydrogens (tertiary/aromatic N) is 3. The van der Waals surface area contributed by atoms with Gasteiger partial charge in [-0.25, -0.2) is 0 Å². The van der Waals surface area contributed by atoms with E-state index < -0.39 is 0 Å². The van der Waals surface area contributed by atoms with Crippen molar-refractivity contribution in [3.8, 4) is 6.07 Å². The highest BCUT2D eigenvalue weighted by Gasteiger charge is 2.10. The van der Waals surface area contributed by atoms with Gasteiger partial charge in [-0.05, 0) is 23.8 Å². The molecule has 0 spiro atoms. The van der Waals surface area contributed by atoms with E-state index in [1.807, 2.05) is 47.1 Å². The van der Waals surface area contributed by atoms with Gasteiger partial charge < -0.3 is 0 Å². The van der Waals surface area contributed by atoms with Crippen LogP contribution < -0.4 is 0 Å². The van der Waals surface area contributed by atoms with Crippen LogP contribution in [-0.2, 0) is 6.54 Å². The number of nitriles is 1. The van der Waals surface area contributed by atoms with Gasteiger partial charge in [-0.3, -0.25) is 4.68 Å². The highest BCUT2D eigenvalue weighted by Crippen LogP contribution is 2.23. The molecule has 0 aliphatic carbocycles. The third-order valence-corrected chi connectivity index (χ3v) is 3.23. The van der Waals surface area contributed by atoms with Crippen molar-refractivity contribution < 1.29 is 0 Å². The average molecular weight is 268 g/mol. The van der Waals surface area contributed by atoms with Crippen molar-refractivity contribution >= 4 is 22.5 Å². The first-order valence-corrected chi connectivity index (χ1v) is 6.26. The molecule has 0 atom stereocenters. The molecule has 3 aromatic rings. The molecular weight excluding hydrogens is 258 g/mol. The molecule has 4 heteroatoms. The van der Waals surface area contributed by atoms with Gasteiger partial charge in [0.05, 0.1) is 12.1 Å². The second-order valence-electron chi connectivity index (χ2n) is 4.27. The molecule has 0 radical (unpaired) electrons. The van der Waals surface area contributed by atoms with E-state index in [0.29, 0.717) is 17.3 Å². The van der Waals surface area contributed by atoms with Crippen molar-refractivity contribution in [2.75, 3.05) is 0 Å². The molecule has 2 aromatic carbocycles. The van der Waals surface area contributed by atoms with Crippen LogP contribution in [0.5, 0.6) is 0 Å². The predicted octanol–water partition coefficient (Wildman–Crippen LogP) is 3.61. The zero-order valence-electron chi connectivity index (χ0n) is 10.0. The zero-order chi connectivity index (χ0) is 13.2. The monoisotopic (exact) mass is 267 g/mol. The number of rotatable bonds is 2. The van der Waals surface area contributed by atoms with Crippen LogP contribution in [0.2, 0.25) is 5.02 Å². The van der Waals surface area contributed by atoms with Gasteiger partial charge in [-0.2, -0.15) is 10.4 Å². The molecule has 0 amide bonds. The second-order valence-corrected chi connectivity index (χ2v) is 4.70. The molecule has 1 aromatic heterocycles. The molecule has 92 valence electrons. The van der Waals surface area contributed by atoms with Crippen molar-refractivity contribution in [1.82, 2.24) is 9.78 Å². The summed E-state index contributed by atoms with van der Waals surface area (Å²) in [6.07, 6.45) is 0. The largest absolute Gasteiger partial charge is 0.259 e. The number of aromatic nitrogens is 2. The predicted molar refractivity (Wildman–Crippen MR) is 75.0 cm³/mol. The van der Waals surface area contributed by atoms with Gasteiger partial charge in [0.1, 0.15) is 6.07 Å². The Labute approximate surface area is 115 Å². The summed E-state index contributed by atoms with van der Waals surface area (Å²) in [5.74, 6) is 0. The van der Waals surface area contributed by atoms with E-state index in [9.17, 15) is 0 Å². The molecule has 0 saturated heterocycles. The number of fused-ring (bicyclic) bond motifs is 1. The fourth-order valence-electron chi connectivity index (χ4n) is 2.11. The normalized spacial score (nSPS) is 10.5. The third kappa shape index (κ3) is 2.18. The first kappa shape index (κ1) is 11.8. The molecule has 1 heterocycles. The lowest BCUT2D eigenvalue weighted by Gasteiger charge is -2.03. The lowest BCUT2D eigenvalue weighted by molar-refractivity contribution is 0.708. The Balaban J connectivity index is 2.12. The van der Waals surface area contributed by atoms with Crippen molar-refractivity contribution in [3.63, 3.8) is 0 Å². The number of hydrogen-bond donors (Lipinski definition) is 0. The Bertz CT molecular complexity index is 769. The van der Waals surface area contributed by atoms with E-state index >= 15 is 0 Å². The molecule has 3 rings (SSSR count). The second kappa shape index (κ2) is 4.75. The van der Waals surface area contributed by atoms with Crippen LogP contribution in [0.3, 0.4) is 0 Å². The van der Waals surface area contributed by atoms with Crippen LogP contribution in [0, 0.1) is 11.3 Å². The van der Waals surface area contributed by atoms with Crippen LogP contribution in [0.4, 0.5) is 0 Å². The highest BCUT2D eigenvalue weighted by molar-refractivity contribution is 6.31.